The third-order valence-corrected chi connectivity index (χ3v) is 3.58. The van der Waals surface area contributed by atoms with Gasteiger partial charge in [0.15, 0.2) is 0 Å². The van der Waals surface area contributed by atoms with Gasteiger partial charge in [-0.2, -0.15) is 11.8 Å². The Bertz CT molecular complexity index is 133. The molecule has 1 atom stereocenters. The lowest BCUT2D eigenvalue weighted by Crippen LogP contribution is -2.44. The zero-order chi connectivity index (χ0) is 9.68. The first-order chi connectivity index (χ1) is 6.24. The van der Waals surface area contributed by atoms with Crippen molar-refractivity contribution in [3.05, 3.63) is 0 Å². The van der Waals surface area contributed by atoms with Gasteiger partial charge < -0.3 is 10.6 Å². The fraction of sp³-hybridized carbons (Fsp3) is 1.00. The second-order valence-corrected chi connectivity index (χ2v) is 4.99. The minimum atomic E-state index is 0.462. The summed E-state index contributed by atoms with van der Waals surface area (Å²) in [5.74, 6) is 1.28. The number of nitrogens with two attached hydrogens (primary N) is 1. The third-order valence-electron chi connectivity index (χ3n) is 2.94. The zero-order valence-corrected chi connectivity index (χ0v) is 9.65. The van der Waals surface area contributed by atoms with Crippen LogP contribution in [-0.4, -0.2) is 42.1 Å². The Kier molecular flexibility index (Phi) is 5.14. The van der Waals surface area contributed by atoms with E-state index in [0.29, 0.717) is 6.04 Å². The summed E-state index contributed by atoms with van der Waals surface area (Å²) >= 11 is 1.94. The molecule has 13 heavy (non-hydrogen) atoms. The topological polar surface area (TPSA) is 29.3 Å². The van der Waals surface area contributed by atoms with Gasteiger partial charge in [-0.05, 0) is 51.3 Å². The summed E-state index contributed by atoms with van der Waals surface area (Å²) in [6.45, 7) is 4.75. The molecule has 2 N–H and O–H groups in total. The van der Waals surface area contributed by atoms with Gasteiger partial charge in [0.25, 0.3) is 0 Å². The van der Waals surface area contributed by atoms with Crippen LogP contribution in [0.3, 0.4) is 0 Å². The summed E-state index contributed by atoms with van der Waals surface area (Å²) in [5.41, 5.74) is 5.87. The van der Waals surface area contributed by atoms with Gasteiger partial charge in [0.1, 0.15) is 0 Å². The van der Waals surface area contributed by atoms with Crippen LogP contribution >= 0.6 is 11.8 Å². The Morgan fingerprint density at radius 2 is 2.08 bits per heavy atom. The highest BCUT2D eigenvalue weighted by atomic mass is 32.2. The second kappa shape index (κ2) is 5.89. The molecule has 1 heterocycles. The number of thioether (sulfide) groups is 1. The molecule has 1 unspecified atom stereocenters. The summed E-state index contributed by atoms with van der Waals surface area (Å²) in [5, 5.41) is 0. The van der Waals surface area contributed by atoms with E-state index in [1.807, 2.05) is 11.8 Å². The van der Waals surface area contributed by atoms with Crippen LogP contribution < -0.4 is 5.73 Å². The molecule has 78 valence electrons. The number of hydrogen-bond donors (Lipinski definition) is 1. The maximum atomic E-state index is 5.87. The quantitative estimate of drug-likeness (QED) is 0.750. The molecule has 0 saturated carbocycles. The lowest BCUT2D eigenvalue weighted by atomic mass is 10.0. The van der Waals surface area contributed by atoms with E-state index in [2.05, 4.69) is 18.1 Å². The molecule has 1 aliphatic rings. The molecule has 0 bridgehead atoms. The lowest BCUT2D eigenvalue weighted by molar-refractivity contribution is 0.160. The Labute approximate surface area is 86.2 Å². The fourth-order valence-corrected chi connectivity index (χ4v) is 2.41. The smallest absolute Gasteiger partial charge is 0.00748 e. The normalized spacial score (nSPS) is 23.3. The van der Waals surface area contributed by atoms with Crippen molar-refractivity contribution in [1.82, 2.24) is 4.90 Å². The van der Waals surface area contributed by atoms with E-state index in [4.69, 9.17) is 5.73 Å². The summed E-state index contributed by atoms with van der Waals surface area (Å²) in [6, 6.07) is 1.21. The summed E-state index contributed by atoms with van der Waals surface area (Å²) in [7, 11) is 0. The van der Waals surface area contributed by atoms with Crippen molar-refractivity contribution in [3.63, 3.8) is 0 Å². The summed E-state index contributed by atoms with van der Waals surface area (Å²) in [4.78, 5) is 2.58. The molecular formula is C10H22N2S. The molecule has 0 aromatic rings. The van der Waals surface area contributed by atoms with Crippen molar-refractivity contribution in [1.29, 1.82) is 0 Å². The van der Waals surface area contributed by atoms with E-state index < -0.39 is 0 Å². The average molecular weight is 202 g/mol. The van der Waals surface area contributed by atoms with Crippen LogP contribution in [0.5, 0.6) is 0 Å². The fourth-order valence-electron chi connectivity index (χ4n) is 1.83. The lowest BCUT2D eigenvalue weighted by Gasteiger charge is -2.34. The van der Waals surface area contributed by atoms with Crippen molar-refractivity contribution >= 4 is 11.8 Å². The molecular weight excluding hydrogens is 180 g/mol. The van der Waals surface area contributed by atoms with E-state index in [-0.39, 0.29) is 0 Å². The van der Waals surface area contributed by atoms with Crippen LogP contribution in [0.2, 0.25) is 0 Å². The van der Waals surface area contributed by atoms with Gasteiger partial charge in [-0.3, -0.25) is 0 Å². The van der Waals surface area contributed by atoms with Crippen molar-refractivity contribution < 1.29 is 0 Å². The molecule has 1 rings (SSSR count). The number of nitrogens with zero attached hydrogens (tertiary/aromatic N) is 1. The van der Waals surface area contributed by atoms with Gasteiger partial charge in [-0.25, -0.2) is 0 Å². The highest BCUT2D eigenvalue weighted by Crippen LogP contribution is 2.14. The molecule has 0 amide bonds. The van der Waals surface area contributed by atoms with E-state index in [1.165, 1.54) is 38.1 Å². The summed E-state index contributed by atoms with van der Waals surface area (Å²) < 4.78 is 0. The first kappa shape index (κ1) is 11.3. The first-order valence-electron chi connectivity index (χ1n) is 5.22. The van der Waals surface area contributed by atoms with E-state index in [0.717, 1.165) is 6.04 Å². The maximum absolute atomic E-state index is 5.87. The van der Waals surface area contributed by atoms with Crippen molar-refractivity contribution in [2.24, 2.45) is 5.73 Å². The Morgan fingerprint density at radius 1 is 1.46 bits per heavy atom. The highest BCUT2D eigenvalue weighted by Gasteiger charge is 2.19. The van der Waals surface area contributed by atoms with Crippen molar-refractivity contribution in [2.45, 2.75) is 38.3 Å². The van der Waals surface area contributed by atoms with Crippen LogP contribution in [0.1, 0.15) is 26.2 Å². The second-order valence-electron chi connectivity index (χ2n) is 4.00. The highest BCUT2D eigenvalue weighted by molar-refractivity contribution is 7.98. The Morgan fingerprint density at radius 3 is 2.62 bits per heavy atom. The Balaban J connectivity index is 2.19. The van der Waals surface area contributed by atoms with E-state index in [9.17, 15) is 0 Å². The van der Waals surface area contributed by atoms with E-state index >= 15 is 0 Å². The molecule has 3 heteroatoms. The van der Waals surface area contributed by atoms with Gasteiger partial charge in [-0.15, -0.1) is 0 Å². The molecule has 0 aromatic carbocycles. The molecule has 1 saturated heterocycles. The molecule has 1 aliphatic heterocycles. The molecule has 2 nitrogen and oxygen atoms in total. The van der Waals surface area contributed by atoms with Gasteiger partial charge in [0.2, 0.25) is 0 Å². The predicted octanol–water partition coefficient (Wildman–Crippen LogP) is 1.55. The van der Waals surface area contributed by atoms with Crippen LogP contribution in [0.25, 0.3) is 0 Å². The van der Waals surface area contributed by atoms with Crippen LogP contribution in [0, 0.1) is 0 Å². The minimum absolute atomic E-state index is 0.462. The molecule has 0 spiro atoms. The van der Waals surface area contributed by atoms with Gasteiger partial charge in [0, 0.05) is 12.1 Å². The van der Waals surface area contributed by atoms with Gasteiger partial charge in [0.05, 0.1) is 0 Å². The molecule has 0 aromatic heterocycles. The maximum Gasteiger partial charge on any atom is 0.00748 e. The van der Waals surface area contributed by atoms with Crippen LogP contribution in [-0.2, 0) is 0 Å². The van der Waals surface area contributed by atoms with Gasteiger partial charge >= 0.3 is 0 Å². The monoisotopic (exact) mass is 202 g/mol. The van der Waals surface area contributed by atoms with Crippen molar-refractivity contribution in [2.75, 3.05) is 25.1 Å². The standard InChI is InChI=1S/C10H22N2S/c1-9(5-8-13-2)12-6-3-10(11)4-7-12/h9-10H,3-8,11H2,1-2H3. The first-order valence-corrected chi connectivity index (χ1v) is 6.62. The molecule has 1 fully saturated rings. The number of hydrogen-bond acceptors (Lipinski definition) is 3. The largest absolute Gasteiger partial charge is 0.328 e. The van der Waals surface area contributed by atoms with Gasteiger partial charge in [-0.1, -0.05) is 0 Å². The zero-order valence-electron chi connectivity index (χ0n) is 8.83. The minimum Gasteiger partial charge on any atom is -0.328 e. The van der Waals surface area contributed by atoms with Crippen LogP contribution in [0.4, 0.5) is 0 Å². The van der Waals surface area contributed by atoms with Crippen LogP contribution in [0.15, 0.2) is 0 Å². The SMILES string of the molecule is CSCCC(C)N1CCC(N)CC1. The van der Waals surface area contributed by atoms with E-state index in [1.54, 1.807) is 0 Å². The third kappa shape index (κ3) is 3.88. The average Bonchev–Trinajstić information content (AvgIpc) is 2.15. The number of likely N-dealkylation sites (tertiary alicyclic amines) is 1. The number of piperidine rings is 1. The molecule has 0 radical (unpaired) electrons. The predicted molar refractivity (Wildman–Crippen MR) is 61.2 cm³/mol. The Hall–Kier alpha value is 0.270. The number of rotatable bonds is 4. The summed E-state index contributed by atoms with van der Waals surface area (Å²) in [6.07, 6.45) is 5.86. The molecule has 0 aliphatic carbocycles. The van der Waals surface area contributed by atoms with Crippen molar-refractivity contribution in [3.8, 4) is 0 Å².